The normalized spacial score (nSPS) is 15.5. The standard InChI is InChI=1S/C21H25ClN4O2S/c1-13(2)20-24-18(28-25-20)4-3-5-19(27)26-10-8-14(9-11-26)21-23-16-12-15(22)6-7-17(16)29-21/h6-7,12-14H,3-5,8-11H2,1-2H3. The zero-order chi connectivity index (χ0) is 20.4. The minimum absolute atomic E-state index is 0.211. The highest BCUT2D eigenvalue weighted by Crippen LogP contribution is 2.34. The molecular weight excluding hydrogens is 408 g/mol. The number of aryl methyl sites for hydroxylation is 1. The Bertz CT molecular complexity index is 992. The smallest absolute Gasteiger partial charge is 0.226 e. The van der Waals surface area contributed by atoms with Crippen LogP contribution in [0.3, 0.4) is 0 Å². The lowest BCUT2D eigenvalue weighted by atomic mass is 9.97. The van der Waals surface area contributed by atoms with Crippen LogP contribution in [-0.4, -0.2) is 39.0 Å². The molecule has 154 valence electrons. The molecule has 8 heteroatoms. The zero-order valence-corrected chi connectivity index (χ0v) is 18.3. The summed E-state index contributed by atoms with van der Waals surface area (Å²) in [5, 5.41) is 5.84. The predicted molar refractivity (Wildman–Crippen MR) is 115 cm³/mol. The van der Waals surface area contributed by atoms with Gasteiger partial charge in [-0.1, -0.05) is 30.6 Å². The van der Waals surface area contributed by atoms with Gasteiger partial charge in [0, 0.05) is 42.8 Å². The van der Waals surface area contributed by atoms with Crippen LogP contribution in [0.1, 0.15) is 68.1 Å². The summed E-state index contributed by atoms with van der Waals surface area (Å²) in [6.45, 7) is 5.65. The Morgan fingerprint density at radius 2 is 2.10 bits per heavy atom. The molecule has 1 saturated heterocycles. The molecule has 4 rings (SSSR count). The van der Waals surface area contributed by atoms with E-state index in [4.69, 9.17) is 21.1 Å². The number of piperidine rings is 1. The fourth-order valence-corrected chi connectivity index (χ4v) is 4.91. The molecule has 1 amide bonds. The molecule has 0 N–H and O–H groups in total. The molecule has 0 unspecified atom stereocenters. The number of fused-ring (bicyclic) bond motifs is 1. The van der Waals surface area contributed by atoms with Crippen LogP contribution in [0.2, 0.25) is 5.02 Å². The molecule has 1 fully saturated rings. The molecule has 0 atom stereocenters. The van der Waals surface area contributed by atoms with Gasteiger partial charge in [-0.2, -0.15) is 4.98 Å². The van der Waals surface area contributed by atoms with Crippen molar-refractivity contribution in [2.24, 2.45) is 0 Å². The number of aromatic nitrogens is 3. The van der Waals surface area contributed by atoms with Gasteiger partial charge in [-0.25, -0.2) is 4.98 Å². The van der Waals surface area contributed by atoms with Gasteiger partial charge in [-0.3, -0.25) is 4.79 Å². The Hall–Kier alpha value is -1.99. The van der Waals surface area contributed by atoms with E-state index in [9.17, 15) is 4.79 Å². The van der Waals surface area contributed by atoms with Crippen LogP contribution in [-0.2, 0) is 11.2 Å². The van der Waals surface area contributed by atoms with Gasteiger partial charge in [-0.15, -0.1) is 11.3 Å². The highest BCUT2D eigenvalue weighted by molar-refractivity contribution is 7.18. The Labute approximate surface area is 179 Å². The van der Waals surface area contributed by atoms with E-state index in [1.807, 2.05) is 36.9 Å². The average Bonchev–Trinajstić information content (AvgIpc) is 3.35. The topological polar surface area (TPSA) is 72.1 Å². The van der Waals surface area contributed by atoms with Crippen LogP contribution in [0.5, 0.6) is 0 Å². The summed E-state index contributed by atoms with van der Waals surface area (Å²) in [4.78, 5) is 23.7. The summed E-state index contributed by atoms with van der Waals surface area (Å²) in [6, 6.07) is 5.86. The van der Waals surface area contributed by atoms with Crippen LogP contribution >= 0.6 is 22.9 Å². The molecule has 0 bridgehead atoms. The Kier molecular flexibility index (Phi) is 6.15. The maximum Gasteiger partial charge on any atom is 0.226 e. The Balaban J connectivity index is 1.25. The molecule has 2 aromatic heterocycles. The summed E-state index contributed by atoms with van der Waals surface area (Å²) in [5.41, 5.74) is 0.970. The van der Waals surface area contributed by atoms with Crippen LogP contribution in [0.25, 0.3) is 10.2 Å². The number of thiazole rings is 1. The first-order valence-corrected chi connectivity index (χ1v) is 11.4. The molecule has 0 spiro atoms. The van der Waals surface area contributed by atoms with E-state index in [0.29, 0.717) is 24.7 Å². The Morgan fingerprint density at radius 1 is 1.31 bits per heavy atom. The van der Waals surface area contributed by atoms with Crippen molar-refractivity contribution in [3.63, 3.8) is 0 Å². The van der Waals surface area contributed by atoms with Gasteiger partial charge in [0.1, 0.15) is 0 Å². The molecule has 0 saturated carbocycles. The number of halogens is 1. The maximum atomic E-state index is 12.6. The van der Waals surface area contributed by atoms with Gasteiger partial charge < -0.3 is 9.42 Å². The van der Waals surface area contributed by atoms with Crippen molar-refractivity contribution < 1.29 is 9.32 Å². The van der Waals surface area contributed by atoms with Crippen molar-refractivity contribution in [2.75, 3.05) is 13.1 Å². The second-order valence-corrected chi connectivity index (χ2v) is 9.37. The zero-order valence-electron chi connectivity index (χ0n) is 16.7. The Morgan fingerprint density at radius 3 is 2.83 bits per heavy atom. The molecule has 1 aromatic carbocycles. The second-order valence-electron chi connectivity index (χ2n) is 7.87. The summed E-state index contributed by atoms with van der Waals surface area (Å²) in [6.07, 6.45) is 3.82. The maximum absolute atomic E-state index is 12.6. The highest BCUT2D eigenvalue weighted by Gasteiger charge is 2.26. The van der Waals surface area contributed by atoms with Gasteiger partial charge in [0.2, 0.25) is 11.8 Å². The number of hydrogen-bond acceptors (Lipinski definition) is 6. The van der Waals surface area contributed by atoms with Crippen molar-refractivity contribution in [3.8, 4) is 0 Å². The minimum atomic E-state index is 0.211. The lowest BCUT2D eigenvalue weighted by molar-refractivity contribution is -0.132. The SMILES string of the molecule is CC(C)c1noc(CCCC(=O)N2CCC(c3nc4cc(Cl)ccc4s3)CC2)n1. The van der Waals surface area contributed by atoms with E-state index >= 15 is 0 Å². The molecule has 29 heavy (non-hydrogen) atoms. The van der Waals surface area contributed by atoms with Crippen molar-refractivity contribution in [1.29, 1.82) is 0 Å². The van der Waals surface area contributed by atoms with E-state index < -0.39 is 0 Å². The molecule has 3 heterocycles. The first-order valence-electron chi connectivity index (χ1n) is 10.2. The number of hydrogen-bond donors (Lipinski definition) is 0. The van der Waals surface area contributed by atoms with E-state index in [1.54, 1.807) is 11.3 Å². The van der Waals surface area contributed by atoms with Crippen LogP contribution in [0.15, 0.2) is 22.7 Å². The third kappa shape index (κ3) is 4.78. The molecular formula is C21H25ClN4O2S. The lowest BCUT2D eigenvalue weighted by Gasteiger charge is -2.31. The summed E-state index contributed by atoms with van der Waals surface area (Å²) in [7, 11) is 0. The second kappa shape index (κ2) is 8.79. The van der Waals surface area contributed by atoms with Gasteiger partial charge >= 0.3 is 0 Å². The summed E-state index contributed by atoms with van der Waals surface area (Å²) < 4.78 is 6.42. The fraction of sp³-hybridized carbons (Fsp3) is 0.524. The molecule has 6 nitrogen and oxygen atoms in total. The summed E-state index contributed by atoms with van der Waals surface area (Å²) >= 11 is 7.81. The number of rotatable bonds is 6. The van der Waals surface area contributed by atoms with Gasteiger partial charge in [0.15, 0.2) is 5.82 Å². The average molecular weight is 433 g/mol. The van der Waals surface area contributed by atoms with E-state index in [0.717, 1.165) is 53.7 Å². The van der Waals surface area contributed by atoms with Crippen molar-refractivity contribution >= 4 is 39.1 Å². The third-order valence-corrected chi connectivity index (χ3v) is 6.78. The van der Waals surface area contributed by atoms with Crippen LogP contribution in [0, 0.1) is 0 Å². The molecule has 1 aliphatic heterocycles. The number of amides is 1. The first-order chi connectivity index (χ1) is 14.0. The third-order valence-electron chi connectivity index (χ3n) is 5.34. The lowest BCUT2D eigenvalue weighted by Crippen LogP contribution is -2.37. The van der Waals surface area contributed by atoms with Crippen molar-refractivity contribution in [3.05, 3.63) is 39.9 Å². The van der Waals surface area contributed by atoms with Gasteiger partial charge in [-0.05, 0) is 37.5 Å². The van der Waals surface area contributed by atoms with Crippen LogP contribution in [0.4, 0.5) is 0 Å². The molecule has 0 radical (unpaired) electrons. The number of carbonyl (C=O) groups is 1. The molecule has 3 aromatic rings. The van der Waals surface area contributed by atoms with E-state index in [-0.39, 0.29) is 11.8 Å². The van der Waals surface area contributed by atoms with E-state index in [1.165, 1.54) is 4.70 Å². The number of carbonyl (C=O) groups excluding carboxylic acids is 1. The fourth-order valence-electron chi connectivity index (χ4n) is 3.62. The van der Waals surface area contributed by atoms with Gasteiger partial charge in [0.05, 0.1) is 15.2 Å². The van der Waals surface area contributed by atoms with Crippen LogP contribution < -0.4 is 0 Å². The first kappa shape index (κ1) is 20.3. The number of nitrogens with zero attached hydrogens (tertiary/aromatic N) is 4. The largest absolute Gasteiger partial charge is 0.343 e. The number of likely N-dealkylation sites (tertiary alicyclic amines) is 1. The monoisotopic (exact) mass is 432 g/mol. The summed E-state index contributed by atoms with van der Waals surface area (Å²) in [5.74, 6) is 2.23. The number of benzene rings is 1. The quantitative estimate of drug-likeness (QED) is 0.536. The minimum Gasteiger partial charge on any atom is -0.343 e. The van der Waals surface area contributed by atoms with Gasteiger partial charge in [0.25, 0.3) is 0 Å². The molecule has 1 aliphatic rings. The highest BCUT2D eigenvalue weighted by atomic mass is 35.5. The molecule has 0 aliphatic carbocycles. The van der Waals surface area contributed by atoms with E-state index in [2.05, 4.69) is 10.1 Å². The predicted octanol–water partition coefficient (Wildman–Crippen LogP) is 5.19. The van der Waals surface area contributed by atoms with Crippen molar-refractivity contribution in [2.45, 2.75) is 57.8 Å². The van der Waals surface area contributed by atoms with Crippen molar-refractivity contribution in [1.82, 2.24) is 20.0 Å².